The number of allylic oxidation sites excluding steroid dienone is 3. The molecule has 1 aliphatic carbocycles. The van der Waals surface area contributed by atoms with Gasteiger partial charge in [-0.25, -0.2) is 0 Å². The molecule has 3 heteroatoms. The van der Waals surface area contributed by atoms with Gasteiger partial charge in [0.2, 0.25) is 0 Å². The van der Waals surface area contributed by atoms with Crippen molar-refractivity contribution < 1.29 is 9.84 Å². The fraction of sp³-hybridized carbons (Fsp3) is 0.438. The number of ether oxygens (including phenoxy) is 1. The maximum absolute atomic E-state index is 9.49. The van der Waals surface area contributed by atoms with E-state index in [1.165, 1.54) is 5.57 Å². The summed E-state index contributed by atoms with van der Waals surface area (Å²) in [5, 5.41) is 9.49. The molecule has 0 aromatic carbocycles. The van der Waals surface area contributed by atoms with E-state index in [0.717, 1.165) is 18.5 Å². The Morgan fingerprint density at radius 1 is 1.63 bits per heavy atom. The molecule has 1 heterocycles. The zero-order chi connectivity index (χ0) is 13.7. The molecule has 1 aliphatic heterocycles. The second-order valence-corrected chi connectivity index (χ2v) is 4.75. The molecule has 3 nitrogen and oxygen atoms in total. The number of hydrogen-bond acceptors (Lipinski definition) is 3. The minimum atomic E-state index is 0.0447. The zero-order valence-corrected chi connectivity index (χ0v) is 11.4. The average molecular weight is 259 g/mol. The Morgan fingerprint density at radius 3 is 3.16 bits per heavy atom. The monoisotopic (exact) mass is 259 g/mol. The van der Waals surface area contributed by atoms with Crippen molar-refractivity contribution in [2.75, 3.05) is 19.8 Å². The molecule has 0 aromatic heterocycles. The summed E-state index contributed by atoms with van der Waals surface area (Å²) in [6.45, 7) is 7.26. The van der Waals surface area contributed by atoms with Crippen molar-refractivity contribution in [3.8, 4) is 0 Å². The van der Waals surface area contributed by atoms with Crippen molar-refractivity contribution in [2.24, 2.45) is 0 Å². The van der Waals surface area contributed by atoms with E-state index in [-0.39, 0.29) is 18.8 Å². The van der Waals surface area contributed by atoms with E-state index in [2.05, 4.69) is 23.3 Å². The van der Waals surface area contributed by atoms with Crippen molar-refractivity contribution in [2.45, 2.75) is 25.5 Å². The Hall–Kier alpha value is -1.54. The summed E-state index contributed by atoms with van der Waals surface area (Å²) in [7, 11) is 0. The molecule has 2 rings (SSSR count). The van der Waals surface area contributed by atoms with E-state index in [9.17, 15) is 5.11 Å². The minimum absolute atomic E-state index is 0.0447. The molecule has 0 radical (unpaired) electrons. The molecule has 0 saturated carbocycles. The van der Waals surface area contributed by atoms with Gasteiger partial charge in [-0.15, -0.1) is 5.73 Å². The Morgan fingerprint density at radius 2 is 2.47 bits per heavy atom. The van der Waals surface area contributed by atoms with Crippen LogP contribution < -0.4 is 0 Å². The van der Waals surface area contributed by atoms with Crippen molar-refractivity contribution >= 4 is 0 Å². The van der Waals surface area contributed by atoms with Gasteiger partial charge in [0.25, 0.3) is 0 Å². The Labute approximate surface area is 114 Å². The molecule has 102 valence electrons. The van der Waals surface area contributed by atoms with Gasteiger partial charge >= 0.3 is 0 Å². The molecular weight excluding hydrogens is 238 g/mol. The largest absolute Gasteiger partial charge is 0.392 e. The van der Waals surface area contributed by atoms with Crippen LogP contribution in [0.5, 0.6) is 0 Å². The third kappa shape index (κ3) is 3.07. The van der Waals surface area contributed by atoms with Crippen LogP contribution >= 0.6 is 0 Å². The highest BCUT2D eigenvalue weighted by atomic mass is 16.5. The van der Waals surface area contributed by atoms with Crippen molar-refractivity contribution in [3.05, 3.63) is 54.0 Å². The van der Waals surface area contributed by atoms with Gasteiger partial charge in [-0.3, -0.25) is 0 Å². The summed E-state index contributed by atoms with van der Waals surface area (Å²) >= 11 is 0. The van der Waals surface area contributed by atoms with Crippen molar-refractivity contribution in [3.63, 3.8) is 0 Å². The van der Waals surface area contributed by atoms with Gasteiger partial charge in [0.15, 0.2) is 0 Å². The highest BCUT2D eigenvalue weighted by Gasteiger charge is 2.34. The molecule has 1 N–H and O–H groups in total. The molecule has 0 spiro atoms. The Bertz CT molecular complexity index is 455. The summed E-state index contributed by atoms with van der Waals surface area (Å²) in [6, 6.07) is 0.273. The van der Waals surface area contributed by atoms with E-state index in [1.807, 2.05) is 31.4 Å². The fourth-order valence-corrected chi connectivity index (χ4v) is 2.63. The third-order valence-corrected chi connectivity index (χ3v) is 3.59. The first-order chi connectivity index (χ1) is 9.30. The Balaban J connectivity index is 2.29. The molecule has 2 aliphatic rings. The molecular formula is C16H21NO2. The number of fused-ring (bicyclic) bond motifs is 1. The quantitative estimate of drug-likeness (QED) is 0.789. The summed E-state index contributed by atoms with van der Waals surface area (Å²) < 4.78 is 5.80. The lowest BCUT2D eigenvalue weighted by atomic mass is 9.86. The summed E-state index contributed by atoms with van der Waals surface area (Å²) in [5.74, 6) is 0. The minimum Gasteiger partial charge on any atom is -0.392 e. The van der Waals surface area contributed by atoms with Gasteiger partial charge in [0.05, 0.1) is 25.4 Å². The predicted molar refractivity (Wildman–Crippen MR) is 76.6 cm³/mol. The normalized spacial score (nSPS) is 29.1. The number of aliphatic hydroxyl groups excluding tert-OH is 1. The van der Waals surface area contributed by atoms with Gasteiger partial charge < -0.3 is 14.7 Å². The topological polar surface area (TPSA) is 32.7 Å². The number of rotatable bonds is 3. The molecule has 19 heavy (non-hydrogen) atoms. The van der Waals surface area contributed by atoms with Gasteiger partial charge in [-0.05, 0) is 30.6 Å². The highest BCUT2D eigenvalue weighted by Crippen LogP contribution is 2.31. The average Bonchev–Trinajstić information content (AvgIpc) is 2.45. The van der Waals surface area contributed by atoms with Crippen LogP contribution in [0.2, 0.25) is 0 Å². The van der Waals surface area contributed by atoms with E-state index < -0.39 is 0 Å². The molecule has 2 atom stereocenters. The molecule has 1 saturated heterocycles. The van der Waals surface area contributed by atoms with Gasteiger partial charge in [-0.1, -0.05) is 24.8 Å². The van der Waals surface area contributed by atoms with Crippen molar-refractivity contribution in [1.29, 1.82) is 0 Å². The highest BCUT2D eigenvalue weighted by molar-refractivity contribution is 5.39. The second-order valence-electron chi connectivity index (χ2n) is 4.75. The number of aliphatic hydroxyl groups is 1. The lowest BCUT2D eigenvalue weighted by Gasteiger charge is -2.42. The number of morpholine rings is 1. The van der Waals surface area contributed by atoms with Crippen LogP contribution in [-0.2, 0) is 4.74 Å². The zero-order valence-electron chi connectivity index (χ0n) is 11.4. The first-order valence-electron chi connectivity index (χ1n) is 6.67. The maximum atomic E-state index is 9.49. The number of nitrogens with zero attached hydrogens (tertiary/aromatic N) is 1. The molecule has 0 aromatic rings. The third-order valence-electron chi connectivity index (χ3n) is 3.59. The van der Waals surface area contributed by atoms with E-state index in [0.29, 0.717) is 6.61 Å². The van der Waals surface area contributed by atoms with Crippen LogP contribution in [0, 0.1) is 0 Å². The SMILES string of the molecule is C=C=CN1CCOC2C=C(CO)/C(=C\C=C/C)C[C@@H]21. The summed E-state index contributed by atoms with van der Waals surface area (Å²) in [4.78, 5) is 2.23. The van der Waals surface area contributed by atoms with Crippen LogP contribution in [0.3, 0.4) is 0 Å². The van der Waals surface area contributed by atoms with E-state index in [4.69, 9.17) is 4.74 Å². The second kappa shape index (κ2) is 6.58. The van der Waals surface area contributed by atoms with Crippen LogP contribution in [0.1, 0.15) is 13.3 Å². The molecule has 0 amide bonds. The lowest BCUT2D eigenvalue weighted by molar-refractivity contribution is -0.0302. The van der Waals surface area contributed by atoms with E-state index in [1.54, 1.807) is 0 Å². The lowest BCUT2D eigenvalue weighted by Crippen LogP contribution is -2.49. The molecule has 1 unspecified atom stereocenters. The van der Waals surface area contributed by atoms with Gasteiger partial charge in [0, 0.05) is 12.7 Å². The Kier molecular flexibility index (Phi) is 4.80. The van der Waals surface area contributed by atoms with Crippen LogP contribution in [0.4, 0.5) is 0 Å². The predicted octanol–water partition coefficient (Wildman–Crippen LogP) is 2.18. The van der Waals surface area contributed by atoms with Crippen LogP contribution in [0.25, 0.3) is 0 Å². The first kappa shape index (κ1) is 13.9. The summed E-state index contributed by atoms with van der Waals surface area (Å²) in [5.41, 5.74) is 5.00. The van der Waals surface area contributed by atoms with Crippen molar-refractivity contribution in [1.82, 2.24) is 4.90 Å². The van der Waals surface area contributed by atoms with E-state index >= 15 is 0 Å². The van der Waals surface area contributed by atoms with Crippen LogP contribution in [-0.4, -0.2) is 41.9 Å². The van der Waals surface area contributed by atoms with Gasteiger partial charge in [-0.2, -0.15) is 0 Å². The maximum Gasteiger partial charge on any atom is 0.0969 e. The smallest absolute Gasteiger partial charge is 0.0969 e. The molecule has 1 fully saturated rings. The fourth-order valence-electron chi connectivity index (χ4n) is 2.63. The standard InChI is InChI=1S/C16H21NO2/c1-3-5-6-13-10-15-16(11-14(13)12-18)19-9-8-17(15)7-4-2/h3,5-7,11,15-16,18H,2,8-10,12H2,1H3/b5-3-,13-6-/t15-,16?/m0/s1. The first-order valence-corrected chi connectivity index (χ1v) is 6.67. The van der Waals surface area contributed by atoms with Crippen LogP contribution in [0.15, 0.2) is 54.0 Å². The van der Waals surface area contributed by atoms with Gasteiger partial charge in [0.1, 0.15) is 0 Å². The summed E-state index contributed by atoms with van der Waals surface area (Å²) in [6.07, 6.45) is 11.0. The molecule has 0 bridgehead atoms. The number of hydrogen-bond donors (Lipinski definition) is 1.